The van der Waals surface area contributed by atoms with Crippen LogP contribution in [-0.2, 0) is 18.3 Å². The topological polar surface area (TPSA) is 88.0 Å². The zero-order chi connectivity index (χ0) is 24.1. The number of aliphatic hydroxyl groups excluding tert-OH is 1. The van der Waals surface area contributed by atoms with Gasteiger partial charge in [0.25, 0.3) is 7.82 Å². The van der Waals surface area contributed by atoms with Crippen molar-refractivity contribution in [1.29, 1.82) is 0 Å². The molecule has 1 N–H and O–H groups in total. The molecule has 0 heterocycles. The van der Waals surface area contributed by atoms with Crippen molar-refractivity contribution in [3.63, 3.8) is 0 Å². The Morgan fingerprint density at radius 3 is 2.00 bits per heavy atom. The summed E-state index contributed by atoms with van der Waals surface area (Å²) in [7, 11) is 1.42. The fourth-order valence-electron chi connectivity index (χ4n) is 3.05. The molecule has 0 fully saturated rings. The molecule has 0 aromatic rings. The lowest BCUT2D eigenvalue weighted by atomic mass is 10.1. The first-order chi connectivity index (χ1) is 15.2. The Balaban J connectivity index is 3.50. The average molecular weight is 480 g/mol. The number of nitrogens with zero attached hydrogens (tertiary/aromatic N) is 1. The molecule has 0 saturated heterocycles. The molecule has 0 saturated carbocycles. The first kappa shape index (κ1) is 31.7. The SMILES string of the molecule is CCCCCCCCCCCC/C=C\CCOC[C@H](O)COP(=O)([O-])OCC[N+](C)(C)C. The van der Waals surface area contributed by atoms with Crippen molar-refractivity contribution >= 4 is 7.82 Å². The third kappa shape index (κ3) is 24.4. The van der Waals surface area contributed by atoms with Crippen LogP contribution in [0.25, 0.3) is 0 Å². The number of aliphatic hydroxyl groups is 1. The first-order valence-electron chi connectivity index (χ1n) is 12.5. The summed E-state index contributed by atoms with van der Waals surface area (Å²) in [5, 5.41) is 9.80. The lowest BCUT2D eigenvalue weighted by Gasteiger charge is -2.27. The van der Waals surface area contributed by atoms with E-state index in [0.717, 1.165) is 12.8 Å². The second kappa shape index (κ2) is 20.1. The van der Waals surface area contributed by atoms with Crippen LogP contribution in [0.5, 0.6) is 0 Å². The Morgan fingerprint density at radius 2 is 1.41 bits per heavy atom. The second-order valence-corrected chi connectivity index (χ2v) is 11.0. The Kier molecular flexibility index (Phi) is 20.0. The van der Waals surface area contributed by atoms with Gasteiger partial charge in [0, 0.05) is 0 Å². The lowest BCUT2D eigenvalue weighted by molar-refractivity contribution is -0.870. The number of phosphoric acid groups is 1. The van der Waals surface area contributed by atoms with Gasteiger partial charge in [0.1, 0.15) is 19.3 Å². The van der Waals surface area contributed by atoms with Gasteiger partial charge in [0.15, 0.2) is 0 Å². The molecular formula is C24H50NO6P. The van der Waals surface area contributed by atoms with Crippen molar-refractivity contribution in [2.75, 3.05) is 54.1 Å². The molecule has 0 bridgehead atoms. The minimum atomic E-state index is -4.40. The molecule has 0 aliphatic carbocycles. The summed E-state index contributed by atoms with van der Waals surface area (Å²) in [4.78, 5) is 11.7. The highest BCUT2D eigenvalue weighted by molar-refractivity contribution is 7.45. The predicted octanol–water partition coefficient (Wildman–Crippen LogP) is 4.83. The minimum Gasteiger partial charge on any atom is -0.756 e. The first-order valence-corrected chi connectivity index (χ1v) is 13.9. The molecule has 0 aliphatic heterocycles. The number of ether oxygens (including phenoxy) is 1. The van der Waals surface area contributed by atoms with Crippen LogP contribution in [-0.4, -0.2) is 69.8 Å². The summed E-state index contributed by atoms with van der Waals surface area (Å²) in [5.41, 5.74) is 0. The normalized spacial score (nSPS) is 15.3. The summed E-state index contributed by atoms with van der Waals surface area (Å²) < 4.78 is 27.1. The van der Waals surface area contributed by atoms with Gasteiger partial charge in [-0.25, -0.2) is 0 Å². The molecular weight excluding hydrogens is 429 g/mol. The second-order valence-electron chi connectivity index (χ2n) is 9.55. The fourth-order valence-corrected chi connectivity index (χ4v) is 3.78. The van der Waals surface area contributed by atoms with Crippen LogP contribution in [0.15, 0.2) is 12.2 Å². The van der Waals surface area contributed by atoms with Crippen LogP contribution in [0.2, 0.25) is 0 Å². The van der Waals surface area contributed by atoms with Crippen molar-refractivity contribution < 1.29 is 32.8 Å². The molecule has 7 nitrogen and oxygen atoms in total. The largest absolute Gasteiger partial charge is 0.756 e. The average Bonchev–Trinajstić information content (AvgIpc) is 2.71. The Bertz CT molecular complexity index is 495. The van der Waals surface area contributed by atoms with Crippen molar-refractivity contribution in [2.45, 2.75) is 90.1 Å². The van der Waals surface area contributed by atoms with Gasteiger partial charge >= 0.3 is 0 Å². The molecule has 0 aromatic heterocycles. The molecule has 0 aliphatic rings. The lowest BCUT2D eigenvalue weighted by Crippen LogP contribution is -2.37. The number of quaternary nitrogens is 1. The standard InChI is InChI=1S/C24H50NO6P/c1-5-6-7-8-9-10-11-12-13-14-15-16-17-18-20-29-22-24(26)23-31-32(27,28)30-21-19-25(2,3)4/h16-17,24,26H,5-15,18-23H2,1-4H3/b17-16-/t24-/m0/s1. The molecule has 0 amide bonds. The van der Waals surface area contributed by atoms with E-state index < -0.39 is 13.9 Å². The number of hydrogen-bond donors (Lipinski definition) is 1. The zero-order valence-corrected chi connectivity index (χ0v) is 22.0. The number of allylic oxidation sites excluding steroid dienone is 1. The molecule has 0 radical (unpaired) electrons. The maximum absolute atomic E-state index is 11.7. The maximum atomic E-state index is 11.7. The molecule has 0 spiro atoms. The van der Waals surface area contributed by atoms with Crippen LogP contribution in [0.4, 0.5) is 0 Å². The van der Waals surface area contributed by atoms with Gasteiger partial charge in [-0.2, -0.15) is 0 Å². The molecule has 0 aromatic carbocycles. The quantitative estimate of drug-likeness (QED) is 0.0977. The molecule has 2 atom stereocenters. The van der Waals surface area contributed by atoms with E-state index in [2.05, 4.69) is 19.1 Å². The van der Waals surface area contributed by atoms with E-state index in [1.54, 1.807) is 0 Å². The third-order valence-electron chi connectivity index (χ3n) is 5.07. The van der Waals surface area contributed by atoms with E-state index in [4.69, 9.17) is 13.8 Å². The highest BCUT2D eigenvalue weighted by Gasteiger charge is 2.15. The number of phosphoric ester groups is 1. The maximum Gasteiger partial charge on any atom is 0.268 e. The molecule has 32 heavy (non-hydrogen) atoms. The number of hydrogen-bond acceptors (Lipinski definition) is 6. The van der Waals surface area contributed by atoms with Gasteiger partial charge in [0.05, 0.1) is 41.0 Å². The van der Waals surface area contributed by atoms with Crippen LogP contribution >= 0.6 is 7.82 Å². The Labute approximate surface area is 197 Å². The predicted molar refractivity (Wildman–Crippen MR) is 129 cm³/mol. The van der Waals surface area contributed by atoms with Gasteiger partial charge in [-0.3, -0.25) is 4.57 Å². The summed E-state index contributed by atoms with van der Waals surface area (Å²) in [6.45, 7) is 2.99. The van der Waals surface area contributed by atoms with Crippen LogP contribution in [0, 0.1) is 0 Å². The highest BCUT2D eigenvalue weighted by Crippen LogP contribution is 2.38. The summed E-state index contributed by atoms with van der Waals surface area (Å²) in [5.74, 6) is 0. The van der Waals surface area contributed by atoms with Crippen LogP contribution in [0.3, 0.4) is 0 Å². The molecule has 0 rings (SSSR count). The van der Waals surface area contributed by atoms with Crippen molar-refractivity contribution in [1.82, 2.24) is 0 Å². The monoisotopic (exact) mass is 479 g/mol. The van der Waals surface area contributed by atoms with Crippen molar-refractivity contribution in [3.8, 4) is 0 Å². The number of unbranched alkanes of at least 4 members (excludes halogenated alkanes) is 10. The zero-order valence-electron chi connectivity index (χ0n) is 21.1. The molecule has 1 unspecified atom stereocenters. The van der Waals surface area contributed by atoms with Crippen LogP contribution < -0.4 is 4.89 Å². The van der Waals surface area contributed by atoms with E-state index in [-0.39, 0.29) is 19.8 Å². The van der Waals surface area contributed by atoms with Gasteiger partial charge in [0.2, 0.25) is 0 Å². The van der Waals surface area contributed by atoms with E-state index in [0.29, 0.717) is 17.6 Å². The Morgan fingerprint density at radius 1 is 0.844 bits per heavy atom. The molecule has 8 heteroatoms. The van der Waals surface area contributed by atoms with E-state index in [1.165, 1.54) is 64.2 Å². The van der Waals surface area contributed by atoms with E-state index >= 15 is 0 Å². The fraction of sp³-hybridized carbons (Fsp3) is 0.917. The van der Waals surface area contributed by atoms with E-state index in [1.807, 2.05) is 21.1 Å². The van der Waals surface area contributed by atoms with Crippen LogP contribution in [0.1, 0.15) is 84.0 Å². The van der Waals surface area contributed by atoms with Gasteiger partial charge < -0.3 is 28.3 Å². The Hall–Kier alpha value is -0.270. The van der Waals surface area contributed by atoms with Gasteiger partial charge in [-0.15, -0.1) is 0 Å². The number of rotatable bonds is 23. The van der Waals surface area contributed by atoms with Gasteiger partial charge in [-0.05, 0) is 19.3 Å². The summed E-state index contributed by atoms with van der Waals surface area (Å²) >= 11 is 0. The molecule has 192 valence electrons. The summed E-state index contributed by atoms with van der Waals surface area (Å²) in [6, 6.07) is 0. The van der Waals surface area contributed by atoms with Gasteiger partial charge in [-0.1, -0.05) is 76.9 Å². The number of likely N-dealkylation sites (N-methyl/N-ethyl adjacent to an activating group) is 1. The smallest absolute Gasteiger partial charge is 0.268 e. The third-order valence-corrected chi connectivity index (χ3v) is 6.03. The van der Waals surface area contributed by atoms with Crippen molar-refractivity contribution in [2.24, 2.45) is 0 Å². The summed E-state index contributed by atoms with van der Waals surface area (Å²) in [6.07, 6.45) is 18.6. The minimum absolute atomic E-state index is 0.0329. The highest BCUT2D eigenvalue weighted by atomic mass is 31.2. The van der Waals surface area contributed by atoms with Crippen molar-refractivity contribution in [3.05, 3.63) is 12.2 Å². The van der Waals surface area contributed by atoms with E-state index in [9.17, 15) is 14.6 Å².